The quantitative estimate of drug-likeness (QED) is 0.890. The number of hydrogen-bond acceptors (Lipinski definition) is 2. The molecule has 0 atom stereocenters. The van der Waals surface area contributed by atoms with Gasteiger partial charge in [-0.05, 0) is 35.1 Å². The molecule has 0 heterocycles. The summed E-state index contributed by atoms with van der Waals surface area (Å²) in [5.74, 6) is 0.521. The summed E-state index contributed by atoms with van der Waals surface area (Å²) in [7, 11) is 1.80. The van der Waals surface area contributed by atoms with Crippen LogP contribution in [-0.4, -0.2) is 36.9 Å². The molecule has 120 valence electrons. The van der Waals surface area contributed by atoms with Gasteiger partial charge in [0, 0.05) is 13.6 Å². The number of nitrogens with one attached hydrogen (secondary N) is 1. The first-order valence-electron chi connectivity index (χ1n) is 8.11. The minimum atomic E-state index is -0.116. The zero-order chi connectivity index (χ0) is 16.2. The van der Waals surface area contributed by atoms with Crippen molar-refractivity contribution in [3.8, 4) is 0 Å². The third-order valence-corrected chi connectivity index (χ3v) is 4.32. The van der Waals surface area contributed by atoms with E-state index in [0.717, 1.165) is 22.9 Å². The van der Waals surface area contributed by atoms with E-state index in [1.807, 2.05) is 42.5 Å². The first-order chi connectivity index (χ1) is 11.1. The van der Waals surface area contributed by atoms with Gasteiger partial charge in [0.05, 0.1) is 13.0 Å². The van der Waals surface area contributed by atoms with Gasteiger partial charge in [0.1, 0.15) is 0 Å². The molecular weight excluding hydrogens is 288 g/mol. The number of benzene rings is 2. The normalized spacial score (nSPS) is 13.8. The molecule has 4 heteroatoms. The topological polar surface area (TPSA) is 49.4 Å². The summed E-state index contributed by atoms with van der Waals surface area (Å²) in [5.41, 5.74) is 0.986. The molecule has 2 aromatic carbocycles. The second-order valence-corrected chi connectivity index (χ2v) is 6.31. The van der Waals surface area contributed by atoms with Crippen molar-refractivity contribution >= 4 is 22.6 Å². The predicted octanol–water partition coefficient (Wildman–Crippen LogP) is 2.37. The summed E-state index contributed by atoms with van der Waals surface area (Å²) in [4.78, 5) is 25.8. The number of hydrogen-bond donors (Lipinski definition) is 1. The van der Waals surface area contributed by atoms with Crippen molar-refractivity contribution in [1.82, 2.24) is 10.2 Å². The molecule has 2 amide bonds. The Morgan fingerprint density at radius 3 is 2.65 bits per heavy atom. The van der Waals surface area contributed by atoms with Crippen LogP contribution in [0.15, 0.2) is 42.5 Å². The summed E-state index contributed by atoms with van der Waals surface area (Å²) in [6.07, 6.45) is 2.72. The number of carbonyl (C=O) groups excluding carboxylic acids is 2. The minimum absolute atomic E-state index is 0.0248. The maximum Gasteiger partial charge on any atom is 0.241 e. The Bertz CT molecular complexity index is 717. The van der Waals surface area contributed by atoms with Gasteiger partial charge >= 0.3 is 0 Å². The Hall–Kier alpha value is -2.36. The lowest BCUT2D eigenvalue weighted by molar-refractivity contribution is -0.131. The predicted molar refractivity (Wildman–Crippen MR) is 91.0 cm³/mol. The highest BCUT2D eigenvalue weighted by atomic mass is 16.2. The van der Waals surface area contributed by atoms with E-state index in [0.29, 0.717) is 12.3 Å². The smallest absolute Gasteiger partial charge is 0.241 e. The van der Waals surface area contributed by atoms with Crippen molar-refractivity contribution < 1.29 is 9.59 Å². The van der Waals surface area contributed by atoms with Gasteiger partial charge in [-0.2, -0.15) is 0 Å². The van der Waals surface area contributed by atoms with Crippen LogP contribution in [0.2, 0.25) is 0 Å². The van der Waals surface area contributed by atoms with E-state index in [1.54, 1.807) is 11.9 Å². The van der Waals surface area contributed by atoms with Gasteiger partial charge in [-0.15, -0.1) is 0 Å². The fourth-order valence-corrected chi connectivity index (χ4v) is 2.78. The number of carbonyl (C=O) groups is 2. The molecule has 4 nitrogen and oxygen atoms in total. The molecule has 0 radical (unpaired) electrons. The Morgan fingerprint density at radius 1 is 1.13 bits per heavy atom. The Labute approximate surface area is 136 Å². The summed E-state index contributed by atoms with van der Waals surface area (Å²) < 4.78 is 0. The fourth-order valence-electron chi connectivity index (χ4n) is 2.78. The monoisotopic (exact) mass is 310 g/mol. The van der Waals surface area contributed by atoms with Crippen molar-refractivity contribution in [2.24, 2.45) is 5.92 Å². The molecule has 1 N–H and O–H groups in total. The summed E-state index contributed by atoms with van der Waals surface area (Å²) in [6.45, 7) is 0.880. The molecule has 1 fully saturated rings. The highest BCUT2D eigenvalue weighted by Gasteiger charge is 2.24. The molecule has 23 heavy (non-hydrogen) atoms. The summed E-state index contributed by atoms with van der Waals surface area (Å²) in [6, 6.07) is 14.0. The molecule has 1 aliphatic carbocycles. The molecule has 3 rings (SSSR count). The summed E-state index contributed by atoms with van der Waals surface area (Å²) >= 11 is 0. The van der Waals surface area contributed by atoms with Gasteiger partial charge in [0.15, 0.2) is 0 Å². The Kier molecular flexibility index (Phi) is 4.60. The lowest BCUT2D eigenvalue weighted by Gasteiger charge is -2.17. The minimum Gasteiger partial charge on any atom is -0.347 e. The molecule has 0 unspecified atom stereocenters. The Morgan fingerprint density at radius 2 is 1.87 bits per heavy atom. The van der Waals surface area contributed by atoms with Gasteiger partial charge < -0.3 is 10.2 Å². The fraction of sp³-hybridized carbons (Fsp3) is 0.368. The van der Waals surface area contributed by atoms with Crippen LogP contribution in [0.3, 0.4) is 0 Å². The van der Waals surface area contributed by atoms with E-state index in [4.69, 9.17) is 0 Å². The Balaban J connectivity index is 1.55. The van der Waals surface area contributed by atoms with Crippen LogP contribution in [-0.2, 0) is 16.0 Å². The van der Waals surface area contributed by atoms with Gasteiger partial charge in [-0.3, -0.25) is 9.59 Å². The average Bonchev–Trinajstić information content (AvgIpc) is 3.37. The average molecular weight is 310 g/mol. The lowest BCUT2D eigenvalue weighted by atomic mass is 10.0. The molecular formula is C19H22N2O2. The standard InChI is InChI=1S/C19H22N2O2/c1-21(13-14-9-10-14)19(23)12-20-18(22)11-16-7-4-6-15-5-2-3-8-17(15)16/h2-8,14H,9-13H2,1H3,(H,20,22). The second kappa shape index (κ2) is 6.82. The van der Waals surface area contributed by atoms with Crippen molar-refractivity contribution in [1.29, 1.82) is 0 Å². The van der Waals surface area contributed by atoms with Crippen molar-refractivity contribution in [2.45, 2.75) is 19.3 Å². The van der Waals surface area contributed by atoms with Gasteiger partial charge in [0.25, 0.3) is 0 Å². The largest absolute Gasteiger partial charge is 0.347 e. The van der Waals surface area contributed by atoms with Crippen molar-refractivity contribution in [2.75, 3.05) is 20.1 Å². The molecule has 0 bridgehead atoms. The molecule has 0 saturated heterocycles. The lowest BCUT2D eigenvalue weighted by Crippen LogP contribution is -2.39. The number of rotatable bonds is 6. The molecule has 0 aromatic heterocycles. The zero-order valence-electron chi connectivity index (χ0n) is 13.4. The van der Waals surface area contributed by atoms with E-state index in [-0.39, 0.29) is 18.4 Å². The van der Waals surface area contributed by atoms with E-state index >= 15 is 0 Å². The third kappa shape index (κ3) is 4.09. The SMILES string of the molecule is CN(CC1CC1)C(=O)CNC(=O)Cc1cccc2ccccc12. The maximum atomic E-state index is 12.1. The molecule has 2 aromatic rings. The van der Waals surface area contributed by atoms with Crippen LogP contribution in [0, 0.1) is 5.92 Å². The third-order valence-electron chi connectivity index (χ3n) is 4.32. The van der Waals surface area contributed by atoms with Crippen molar-refractivity contribution in [3.63, 3.8) is 0 Å². The zero-order valence-corrected chi connectivity index (χ0v) is 13.4. The van der Waals surface area contributed by atoms with E-state index in [9.17, 15) is 9.59 Å². The van der Waals surface area contributed by atoms with E-state index in [1.165, 1.54) is 12.8 Å². The van der Waals surface area contributed by atoms with Crippen LogP contribution < -0.4 is 5.32 Å². The highest BCUT2D eigenvalue weighted by Crippen LogP contribution is 2.29. The molecule has 0 aliphatic heterocycles. The first kappa shape index (κ1) is 15.5. The maximum absolute atomic E-state index is 12.1. The number of amides is 2. The van der Waals surface area contributed by atoms with Crippen LogP contribution >= 0.6 is 0 Å². The van der Waals surface area contributed by atoms with Gasteiger partial charge in [-0.25, -0.2) is 0 Å². The van der Waals surface area contributed by atoms with Crippen LogP contribution in [0.5, 0.6) is 0 Å². The van der Waals surface area contributed by atoms with Crippen LogP contribution in [0.4, 0.5) is 0 Å². The molecule has 1 aliphatic rings. The van der Waals surface area contributed by atoms with Gasteiger partial charge in [-0.1, -0.05) is 42.5 Å². The first-order valence-corrected chi connectivity index (χ1v) is 8.11. The second-order valence-electron chi connectivity index (χ2n) is 6.31. The van der Waals surface area contributed by atoms with E-state index in [2.05, 4.69) is 5.32 Å². The van der Waals surface area contributed by atoms with Crippen LogP contribution in [0.1, 0.15) is 18.4 Å². The number of nitrogens with zero attached hydrogens (tertiary/aromatic N) is 1. The molecule has 1 saturated carbocycles. The number of fused-ring (bicyclic) bond motifs is 1. The summed E-state index contributed by atoms with van der Waals surface area (Å²) in [5, 5.41) is 4.95. The van der Waals surface area contributed by atoms with Crippen LogP contribution in [0.25, 0.3) is 10.8 Å². The number of likely N-dealkylation sites (N-methyl/N-ethyl adjacent to an activating group) is 1. The van der Waals surface area contributed by atoms with Gasteiger partial charge in [0.2, 0.25) is 11.8 Å². The molecule has 0 spiro atoms. The van der Waals surface area contributed by atoms with E-state index < -0.39 is 0 Å². The van der Waals surface area contributed by atoms with Crippen molar-refractivity contribution in [3.05, 3.63) is 48.0 Å². The highest BCUT2D eigenvalue weighted by molar-refractivity contribution is 5.91.